The van der Waals surface area contributed by atoms with Crippen LogP contribution in [0.15, 0.2) is 97.2 Å². The minimum atomic E-state index is -0.789. The molecule has 1 unspecified atom stereocenters. The number of esters is 3. The van der Waals surface area contributed by atoms with Gasteiger partial charge in [0.1, 0.15) is 13.2 Å². The quantitative estimate of drug-likeness (QED) is 0.0261. The van der Waals surface area contributed by atoms with Gasteiger partial charge in [0.15, 0.2) is 6.10 Å². The van der Waals surface area contributed by atoms with Crippen molar-refractivity contribution in [1.82, 2.24) is 0 Å². The summed E-state index contributed by atoms with van der Waals surface area (Å²) < 4.78 is 17.0. The molecule has 0 aliphatic carbocycles. The van der Waals surface area contributed by atoms with E-state index in [1.54, 1.807) is 0 Å². The van der Waals surface area contributed by atoms with E-state index < -0.39 is 6.10 Å². The molecule has 0 spiro atoms. The number of hydrogen-bond acceptors (Lipinski definition) is 6. The molecule has 1 atom stereocenters. The molecule has 0 rings (SSSR count). The van der Waals surface area contributed by atoms with Gasteiger partial charge < -0.3 is 14.2 Å². The number of unbranched alkanes of at least 4 members (excludes halogenated alkanes) is 34. The van der Waals surface area contributed by atoms with Crippen molar-refractivity contribution in [1.29, 1.82) is 0 Å². The van der Waals surface area contributed by atoms with E-state index in [-0.39, 0.29) is 31.1 Å². The number of ether oxygens (including phenoxy) is 3. The average Bonchev–Trinajstić information content (AvgIpc) is 3.45. The van der Waals surface area contributed by atoms with Gasteiger partial charge in [-0.2, -0.15) is 0 Å². The summed E-state index contributed by atoms with van der Waals surface area (Å²) in [4.78, 5) is 38.4. The molecular formula is C73H126O6. The molecule has 0 aliphatic heterocycles. The van der Waals surface area contributed by atoms with E-state index in [1.807, 2.05) is 0 Å². The summed E-state index contributed by atoms with van der Waals surface area (Å²) >= 11 is 0. The van der Waals surface area contributed by atoms with Crippen molar-refractivity contribution in [3.8, 4) is 0 Å². The monoisotopic (exact) mass is 1100 g/mol. The molecule has 0 aromatic heterocycles. The van der Waals surface area contributed by atoms with Gasteiger partial charge in [0, 0.05) is 19.3 Å². The van der Waals surface area contributed by atoms with Crippen LogP contribution in [0.25, 0.3) is 0 Å². The molecular weight excluding hydrogens is 973 g/mol. The summed E-state index contributed by atoms with van der Waals surface area (Å²) in [5.41, 5.74) is 0. The average molecular weight is 1100 g/mol. The molecule has 0 radical (unpaired) electrons. The highest BCUT2D eigenvalue weighted by molar-refractivity contribution is 5.71. The minimum absolute atomic E-state index is 0.0840. The Hall–Kier alpha value is -3.67. The van der Waals surface area contributed by atoms with Crippen molar-refractivity contribution < 1.29 is 28.6 Å². The van der Waals surface area contributed by atoms with Crippen LogP contribution in [0.2, 0.25) is 0 Å². The maximum absolute atomic E-state index is 12.9. The topological polar surface area (TPSA) is 78.9 Å². The molecule has 0 heterocycles. The van der Waals surface area contributed by atoms with E-state index in [1.165, 1.54) is 180 Å². The Morgan fingerprint density at radius 1 is 0.266 bits per heavy atom. The maximum atomic E-state index is 12.9. The fraction of sp³-hybridized carbons (Fsp3) is 0.740. The fourth-order valence-corrected chi connectivity index (χ4v) is 9.50. The molecule has 0 amide bonds. The van der Waals surface area contributed by atoms with Crippen molar-refractivity contribution in [2.45, 2.75) is 335 Å². The van der Waals surface area contributed by atoms with E-state index >= 15 is 0 Å². The third kappa shape index (κ3) is 65.0. The Balaban J connectivity index is 4.37. The summed E-state index contributed by atoms with van der Waals surface area (Å²) in [7, 11) is 0. The predicted molar refractivity (Wildman–Crippen MR) is 344 cm³/mol. The Morgan fingerprint density at radius 3 is 0.810 bits per heavy atom. The zero-order chi connectivity index (χ0) is 57.1. The standard InChI is InChI=1S/C73H126O6/c1-4-7-10-13-16-19-22-25-28-31-33-34-35-36-37-38-40-42-45-48-51-54-57-60-63-66-72(75)78-69-70(68-77-71(74)65-62-59-56-53-50-47-44-41-30-27-24-21-18-15-12-9-6-3)79-73(76)67-64-61-58-55-52-49-46-43-39-32-29-26-23-20-17-14-11-8-5-2/h7,10,16-17,19-20,25-30,33-34,39,43,70H,4-6,8-9,11-15,18,21-24,31-32,35-38,40-42,44-69H2,1-3H3/b10-7-,19-16-,20-17-,28-25-,29-26-,30-27-,34-33-,43-39-. The summed E-state index contributed by atoms with van der Waals surface area (Å²) in [5, 5.41) is 0. The number of hydrogen-bond donors (Lipinski definition) is 0. The number of carbonyl (C=O) groups excluding carboxylic acids is 3. The molecule has 0 bridgehead atoms. The molecule has 79 heavy (non-hydrogen) atoms. The van der Waals surface area contributed by atoms with Crippen LogP contribution in [0.5, 0.6) is 0 Å². The van der Waals surface area contributed by atoms with Gasteiger partial charge in [-0.05, 0) is 122 Å². The lowest BCUT2D eigenvalue weighted by atomic mass is 10.0. The van der Waals surface area contributed by atoms with E-state index in [0.717, 1.165) is 109 Å². The smallest absolute Gasteiger partial charge is 0.306 e. The summed E-state index contributed by atoms with van der Waals surface area (Å²) in [6, 6.07) is 0. The van der Waals surface area contributed by atoms with Crippen LogP contribution in [-0.2, 0) is 28.6 Å². The fourth-order valence-electron chi connectivity index (χ4n) is 9.50. The first-order valence-electron chi connectivity index (χ1n) is 33.7. The second-order valence-electron chi connectivity index (χ2n) is 22.3. The lowest BCUT2D eigenvalue weighted by molar-refractivity contribution is -0.167. The molecule has 0 N–H and O–H groups in total. The molecule has 0 aliphatic rings. The summed E-state index contributed by atoms with van der Waals surface area (Å²) in [6.45, 7) is 6.52. The van der Waals surface area contributed by atoms with E-state index in [9.17, 15) is 14.4 Å². The van der Waals surface area contributed by atoms with Crippen LogP contribution in [-0.4, -0.2) is 37.2 Å². The third-order valence-electron chi connectivity index (χ3n) is 14.5. The SMILES string of the molecule is CC/C=C\C/C=C\C/C=C\C/C=C\CCCCCCCCCCCCCCC(=O)OCC(COC(=O)CCCCCCCCC/C=C\CCCCCCCC)OC(=O)CCCCCCCC/C=C\C/C=C\C/C=C\CCCCC. The lowest BCUT2D eigenvalue weighted by Crippen LogP contribution is -2.30. The van der Waals surface area contributed by atoms with Gasteiger partial charge in [0.05, 0.1) is 0 Å². The molecule has 0 saturated heterocycles. The highest BCUT2D eigenvalue weighted by Gasteiger charge is 2.19. The van der Waals surface area contributed by atoms with Crippen molar-refractivity contribution in [2.24, 2.45) is 0 Å². The molecule has 6 heteroatoms. The van der Waals surface area contributed by atoms with Gasteiger partial charge in [-0.1, -0.05) is 285 Å². The van der Waals surface area contributed by atoms with Gasteiger partial charge in [-0.3, -0.25) is 14.4 Å². The Labute approximate surface area is 489 Å². The van der Waals surface area contributed by atoms with E-state index in [4.69, 9.17) is 14.2 Å². The zero-order valence-electron chi connectivity index (χ0n) is 52.1. The second kappa shape index (κ2) is 66.8. The summed E-state index contributed by atoms with van der Waals surface area (Å²) in [5.74, 6) is -0.889. The molecule has 0 aromatic carbocycles. The van der Waals surface area contributed by atoms with Crippen LogP contribution in [0.3, 0.4) is 0 Å². The molecule has 0 aromatic rings. The molecule has 0 saturated carbocycles. The van der Waals surface area contributed by atoms with Gasteiger partial charge >= 0.3 is 17.9 Å². The van der Waals surface area contributed by atoms with Crippen molar-refractivity contribution in [2.75, 3.05) is 13.2 Å². The Morgan fingerprint density at radius 2 is 0.494 bits per heavy atom. The highest BCUT2D eigenvalue weighted by atomic mass is 16.6. The third-order valence-corrected chi connectivity index (χ3v) is 14.5. The van der Waals surface area contributed by atoms with Crippen molar-refractivity contribution >= 4 is 17.9 Å². The van der Waals surface area contributed by atoms with Crippen LogP contribution in [0.4, 0.5) is 0 Å². The first kappa shape index (κ1) is 75.3. The van der Waals surface area contributed by atoms with Crippen LogP contribution in [0, 0.1) is 0 Å². The predicted octanol–water partition coefficient (Wildman–Crippen LogP) is 23.2. The summed E-state index contributed by atoms with van der Waals surface area (Å²) in [6.07, 6.45) is 89.8. The van der Waals surface area contributed by atoms with Gasteiger partial charge in [-0.25, -0.2) is 0 Å². The first-order chi connectivity index (χ1) is 39.0. The lowest BCUT2D eigenvalue weighted by Gasteiger charge is -2.18. The largest absolute Gasteiger partial charge is 0.462 e. The Bertz CT molecular complexity index is 1540. The number of rotatable bonds is 61. The van der Waals surface area contributed by atoms with Gasteiger partial charge in [-0.15, -0.1) is 0 Å². The van der Waals surface area contributed by atoms with E-state index in [0.29, 0.717) is 19.3 Å². The molecule has 454 valence electrons. The van der Waals surface area contributed by atoms with Crippen molar-refractivity contribution in [3.63, 3.8) is 0 Å². The number of carbonyl (C=O) groups is 3. The number of allylic oxidation sites excluding steroid dienone is 16. The second-order valence-corrected chi connectivity index (χ2v) is 22.3. The molecule has 6 nitrogen and oxygen atoms in total. The van der Waals surface area contributed by atoms with Gasteiger partial charge in [0.2, 0.25) is 0 Å². The Kier molecular flexibility index (Phi) is 63.7. The van der Waals surface area contributed by atoms with Gasteiger partial charge in [0.25, 0.3) is 0 Å². The van der Waals surface area contributed by atoms with Crippen LogP contribution >= 0.6 is 0 Å². The van der Waals surface area contributed by atoms with Crippen molar-refractivity contribution in [3.05, 3.63) is 97.2 Å². The van der Waals surface area contributed by atoms with Crippen LogP contribution in [0.1, 0.15) is 329 Å². The minimum Gasteiger partial charge on any atom is -0.462 e. The van der Waals surface area contributed by atoms with Crippen LogP contribution < -0.4 is 0 Å². The first-order valence-corrected chi connectivity index (χ1v) is 33.7. The zero-order valence-corrected chi connectivity index (χ0v) is 52.1. The molecule has 0 fully saturated rings. The highest BCUT2D eigenvalue weighted by Crippen LogP contribution is 2.16. The van der Waals surface area contributed by atoms with E-state index in [2.05, 4.69) is 118 Å². The maximum Gasteiger partial charge on any atom is 0.306 e. The normalized spacial score (nSPS) is 12.7.